The molecule has 1 atom stereocenters. The lowest BCUT2D eigenvalue weighted by Gasteiger charge is -2.24. The molecule has 2 heterocycles. The van der Waals surface area contributed by atoms with Gasteiger partial charge in [-0.1, -0.05) is 11.6 Å². The molecule has 1 aromatic heterocycles. The summed E-state index contributed by atoms with van der Waals surface area (Å²) in [6.45, 7) is 6.86. The van der Waals surface area contributed by atoms with Crippen LogP contribution in [0.25, 0.3) is 0 Å². The number of amides is 1. The van der Waals surface area contributed by atoms with Gasteiger partial charge in [-0.05, 0) is 27.2 Å². The summed E-state index contributed by atoms with van der Waals surface area (Å²) in [7, 11) is 0. The molecule has 1 amide bonds. The normalized spacial score (nSPS) is 19.6. The molecule has 0 radical (unpaired) electrons. The maximum absolute atomic E-state index is 11.9. The van der Waals surface area contributed by atoms with Crippen molar-refractivity contribution in [3.8, 4) is 0 Å². The molecule has 104 valence electrons. The molecule has 19 heavy (non-hydrogen) atoms. The van der Waals surface area contributed by atoms with E-state index in [4.69, 9.17) is 16.3 Å². The molecule has 0 aliphatic carbocycles. The fourth-order valence-corrected chi connectivity index (χ4v) is 2.20. The van der Waals surface area contributed by atoms with Crippen molar-refractivity contribution in [1.29, 1.82) is 0 Å². The number of nitrogens with zero attached hydrogens (tertiary/aromatic N) is 3. The number of rotatable bonds is 1. The molecule has 0 aromatic carbocycles. The summed E-state index contributed by atoms with van der Waals surface area (Å²) >= 11 is 5.83. The van der Waals surface area contributed by atoms with E-state index in [1.165, 1.54) is 6.20 Å². The van der Waals surface area contributed by atoms with Crippen molar-refractivity contribution >= 4 is 17.7 Å². The van der Waals surface area contributed by atoms with E-state index < -0.39 is 5.60 Å². The van der Waals surface area contributed by atoms with Gasteiger partial charge in [-0.15, -0.1) is 0 Å². The maximum atomic E-state index is 11.9. The number of hydrogen-bond donors (Lipinski definition) is 0. The van der Waals surface area contributed by atoms with Gasteiger partial charge in [0.2, 0.25) is 0 Å². The lowest BCUT2D eigenvalue weighted by molar-refractivity contribution is 0.0292. The van der Waals surface area contributed by atoms with Gasteiger partial charge in [0.25, 0.3) is 0 Å². The Morgan fingerprint density at radius 3 is 2.84 bits per heavy atom. The predicted molar refractivity (Wildman–Crippen MR) is 72.2 cm³/mol. The molecule has 1 fully saturated rings. The van der Waals surface area contributed by atoms with Crippen LogP contribution >= 0.6 is 11.6 Å². The van der Waals surface area contributed by atoms with Crippen LogP contribution in [0.3, 0.4) is 0 Å². The Bertz CT molecular complexity index is 473. The average Bonchev–Trinajstić information content (AvgIpc) is 2.75. The Balaban J connectivity index is 1.98. The number of aromatic nitrogens is 2. The molecule has 1 aliphatic rings. The van der Waals surface area contributed by atoms with Gasteiger partial charge in [-0.2, -0.15) is 0 Å². The summed E-state index contributed by atoms with van der Waals surface area (Å²) in [4.78, 5) is 21.9. The van der Waals surface area contributed by atoms with Gasteiger partial charge in [0, 0.05) is 25.2 Å². The standard InChI is InChI=1S/C13H18ClN3O2/c1-13(2,3)19-12(18)17-5-4-9(8-17)10-6-15-7-11(14)16-10/h6-7,9H,4-5,8H2,1-3H3. The van der Waals surface area contributed by atoms with Gasteiger partial charge >= 0.3 is 6.09 Å². The number of carbonyl (C=O) groups is 1. The lowest BCUT2D eigenvalue weighted by atomic mass is 10.1. The van der Waals surface area contributed by atoms with E-state index >= 15 is 0 Å². The summed E-state index contributed by atoms with van der Waals surface area (Å²) < 4.78 is 5.35. The molecule has 1 unspecified atom stereocenters. The third-order valence-electron chi connectivity index (χ3n) is 2.88. The van der Waals surface area contributed by atoms with Crippen LogP contribution in [-0.4, -0.2) is 39.7 Å². The van der Waals surface area contributed by atoms with Crippen LogP contribution in [0.2, 0.25) is 5.15 Å². The first-order valence-corrected chi connectivity index (χ1v) is 6.68. The summed E-state index contributed by atoms with van der Waals surface area (Å²) in [5.41, 5.74) is 0.365. The van der Waals surface area contributed by atoms with Crippen molar-refractivity contribution in [2.24, 2.45) is 0 Å². The Labute approximate surface area is 117 Å². The Hall–Kier alpha value is -1.36. The highest BCUT2D eigenvalue weighted by Crippen LogP contribution is 2.27. The van der Waals surface area contributed by atoms with Gasteiger partial charge < -0.3 is 9.64 Å². The molecule has 1 aliphatic heterocycles. The van der Waals surface area contributed by atoms with Gasteiger partial charge in [-0.25, -0.2) is 9.78 Å². The Morgan fingerprint density at radius 1 is 1.47 bits per heavy atom. The van der Waals surface area contributed by atoms with E-state index in [-0.39, 0.29) is 12.0 Å². The average molecular weight is 284 g/mol. The van der Waals surface area contributed by atoms with Crippen LogP contribution < -0.4 is 0 Å². The lowest BCUT2D eigenvalue weighted by Crippen LogP contribution is -2.35. The molecule has 6 heteroatoms. The maximum Gasteiger partial charge on any atom is 0.410 e. The van der Waals surface area contributed by atoms with E-state index in [1.54, 1.807) is 11.1 Å². The SMILES string of the molecule is CC(C)(C)OC(=O)N1CCC(c2cncc(Cl)n2)C1. The van der Waals surface area contributed by atoms with Crippen LogP contribution in [0.1, 0.15) is 38.8 Å². The number of halogens is 1. The van der Waals surface area contributed by atoms with Crippen LogP contribution in [-0.2, 0) is 4.74 Å². The second kappa shape index (κ2) is 5.33. The largest absolute Gasteiger partial charge is 0.444 e. The molecular weight excluding hydrogens is 266 g/mol. The van der Waals surface area contributed by atoms with E-state index in [9.17, 15) is 4.79 Å². The molecule has 5 nitrogen and oxygen atoms in total. The monoisotopic (exact) mass is 283 g/mol. The van der Waals surface area contributed by atoms with Crippen molar-refractivity contribution in [3.63, 3.8) is 0 Å². The van der Waals surface area contributed by atoms with Gasteiger partial charge in [0.05, 0.1) is 11.9 Å². The summed E-state index contributed by atoms with van der Waals surface area (Å²) in [5, 5.41) is 0.383. The molecule has 0 spiro atoms. The molecule has 2 rings (SSSR count). The zero-order valence-electron chi connectivity index (χ0n) is 11.4. The van der Waals surface area contributed by atoms with Crippen molar-refractivity contribution < 1.29 is 9.53 Å². The second-order valence-electron chi connectivity index (χ2n) is 5.68. The molecule has 0 saturated carbocycles. The highest BCUT2D eigenvalue weighted by molar-refractivity contribution is 6.29. The van der Waals surface area contributed by atoms with E-state index in [2.05, 4.69) is 9.97 Å². The molecule has 1 saturated heterocycles. The highest BCUT2D eigenvalue weighted by atomic mass is 35.5. The second-order valence-corrected chi connectivity index (χ2v) is 6.07. The highest BCUT2D eigenvalue weighted by Gasteiger charge is 2.31. The van der Waals surface area contributed by atoms with Crippen LogP contribution in [0.4, 0.5) is 4.79 Å². The number of hydrogen-bond acceptors (Lipinski definition) is 4. The van der Waals surface area contributed by atoms with Crippen LogP contribution in [0.15, 0.2) is 12.4 Å². The fraction of sp³-hybridized carbons (Fsp3) is 0.615. The molecule has 0 N–H and O–H groups in total. The first-order chi connectivity index (χ1) is 8.85. The third kappa shape index (κ3) is 3.80. The zero-order chi connectivity index (χ0) is 14.0. The molecule has 0 bridgehead atoms. The minimum atomic E-state index is -0.467. The summed E-state index contributed by atoms with van der Waals surface area (Å²) in [6.07, 6.45) is 3.79. The van der Waals surface area contributed by atoms with Crippen molar-refractivity contribution in [3.05, 3.63) is 23.2 Å². The topological polar surface area (TPSA) is 55.3 Å². The minimum Gasteiger partial charge on any atom is -0.444 e. The Morgan fingerprint density at radius 2 is 2.21 bits per heavy atom. The zero-order valence-corrected chi connectivity index (χ0v) is 12.1. The van der Waals surface area contributed by atoms with E-state index in [0.29, 0.717) is 18.2 Å². The van der Waals surface area contributed by atoms with Crippen LogP contribution in [0, 0.1) is 0 Å². The predicted octanol–water partition coefficient (Wildman–Crippen LogP) is 2.85. The molecular formula is C13H18ClN3O2. The smallest absolute Gasteiger partial charge is 0.410 e. The quantitative estimate of drug-likeness (QED) is 0.795. The summed E-state index contributed by atoms with van der Waals surface area (Å²) in [6, 6.07) is 0. The van der Waals surface area contributed by atoms with Crippen LogP contribution in [0.5, 0.6) is 0 Å². The van der Waals surface area contributed by atoms with E-state index in [1.807, 2.05) is 20.8 Å². The summed E-state index contributed by atoms with van der Waals surface area (Å²) in [5.74, 6) is 0.179. The van der Waals surface area contributed by atoms with Crippen molar-refractivity contribution in [2.75, 3.05) is 13.1 Å². The van der Waals surface area contributed by atoms with Crippen molar-refractivity contribution in [1.82, 2.24) is 14.9 Å². The first kappa shape index (κ1) is 14.1. The van der Waals surface area contributed by atoms with Gasteiger partial charge in [0.15, 0.2) is 0 Å². The van der Waals surface area contributed by atoms with Gasteiger partial charge in [0.1, 0.15) is 10.8 Å². The molecule has 1 aromatic rings. The minimum absolute atomic E-state index is 0.179. The number of likely N-dealkylation sites (tertiary alicyclic amines) is 1. The first-order valence-electron chi connectivity index (χ1n) is 6.30. The number of carbonyl (C=O) groups excluding carboxylic acids is 1. The number of ether oxygens (including phenoxy) is 1. The Kier molecular flexibility index (Phi) is 3.94. The fourth-order valence-electron chi connectivity index (χ4n) is 2.05. The van der Waals surface area contributed by atoms with Gasteiger partial charge in [-0.3, -0.25) is 4.98 Å². The van der Waals surface area contributed by atoms with Crippen molar-refractivity contribution in [2.45, 2.75) is 38.7 Å². The van der Waals surface area contributed by atoms with E-state index in [0.717, 1.165) is 12.1 Å². The third-order valence-corrected chi connectivity index (χ3v) is 3.06.